The first kappa shape index (κ1) is 13.3. The predicted molar refractivity (Wildman–Crippen MR) is 82.0 cm³/mol. The summed E-state index contributed by atoms with van der Waals surface area (Å²) in [6.07, 6.45) is 0. The third kappa shape index (κ3) is 2.64. The maximum absolute atomic E-state index is 12.0. The highest BCUT2D eigenvalue weighted by molar-refractivity contribution is 9.10. The van der Waals surface area contributed by atoms with E-state index in [-0.39, 0.29) is 5.69 Å². The number of aromatic nitrogens is 3. The van der Waals surface area contributed by atoms with Crippen molar-refractivity contribution in [1.29, 1.82) is 5.26 Å². The van der Waals surface area contributed by atoms with Crippen molar-refractivity contribution < 1.29 is 0 Å². The molecule has 0 aliphatic rings. The Morgan fingerprint density at radius 2 is 1.95 bits per heavy atom. The molecule has 0 aliphatic carbocycles. The summed E-state index contributed by atoms with van der Waals surface area (Å²) < 4.78 is 2.22. The minimum atomic E-state index is -0.324. The monoisotopic (exact) mass is 340 g/mol. The van der Waals surface area contributed by atoms with Crippen molar-refractivity contribution in [3.05, 3.63) is 69.1 Å². The van der Waals surface area contributed by atoms with Gasteiger partial charge in [-0.1, -0.05) is 28.1 Å². The van der Waals surface area contributed by atoms with Gasteiger partial charge in [0.05, 0.1) is 17.3 Å². The molecule has 2 aromatic carbocycles. The van der Waals surface area contributed by atoms with Gasteiger partial charge >= 0.3 is 5.69 Å². The lowest BCUT2D eigenvalue weighted by Gasteiger charge is -1.99. The zero-order valence-electron chi connectivity index (χ0n) is 10.7. The number of nitrogens with zero attached hydrogens (tertiary/aromatic N) is 3. The molecule has 3 rings (SSSR count). The van der Waals surface area contributed by atoms with Crippen LogP contribution in [0.4, 0.5) is 0 Å². The van der Waals surface area contributed by atoms with Crippen LogP contribution in [0.15, 0.2) is 57.8 Å². The second kappa shape index (κ2) is 5.38. The fraction of sp³-hybridized carbons (Fsp3) is 0. The van der Waals surface area contributed by atoms with Gasteiger partial charge in [0.2, 0.25) is 0 Å². The van der Waals surface area contributed by atoms with E-state index < -0.39 is 0 Å². The van der Waals surface area contributed by atoms with Crippen LogP contribution in [0, 0.1) is 11.3 Å². The highest BCUT2D eigenvalue weighted by Gasteiger charge is 2.09. The van der Waals surface area contributed by atoms with Crippen molar-refractivity contribution in [2.24, 2.45) is 0 Å². The van der Waals surface area contributed by atoms with Crippen LogP contribution in [-0.4, -0.2) is 14.8 Å². The topological polar surface area (TPSA) is 74.5 Å². The highest BCUT2D eigenvalue weighted by Crippen LogP contribution is 2.16. The molecule has 3 aromatic rings. The van der Waals surface area contributed by atoms with Crippen LogP contribution in [0.25, 0.3) is 17.1 Å². The van der Waals surface area contributed by atoms with E-state index in [0.29, 0.717) is 22.6 Å². The van der Waals surface area contributed by atoms with Gasteiger partial charge in [0.25, 0.3) is 0 Å². The number of halogens is 1. The largest absolute Gasteiger partial charge is 0.348 e. The molecule has 0 bridgehead atoms. The molecule has 0 atom stereocenters. The molecule has 0 fully saturated rings. The normalized spacial score (nSPS) is 10.3. The minimum absolute atomic E-state index is 0.324. The molecular formula is C15H9BrN4O. The van der Waals surface area contributed by atoms with Gasteiger partial charge < -0.3 is 0 Å². The summed E-state index contributed by atoms with van der Waals surface area (Å²) in [6, 6.07) is 16.3. The summed E-state index contributed by atoms with van der Waals surface area (Å²) >= 11 is 3.35. The summed E-state index contributed by atoms with van der Waals surface area (Å²) in [5, 5.41) is 13.2. The summed E-state index contributed by atoms with van der Waals surface area (Å²) in [5.74, 6) is 0.431. The average molecular weight is 341 g/mol. The Labute approximate surface area is 128 Å². The van der Waals surface area contributed by atoms with E-state index in [2.05, 4.69) is 32.1 Å². The van der Waals surface area contributed by atoms with Crippen molar-refractivity contribution in [2.45, 2.75) is 0 Å². The van der Waals surface area contributed by atoms with E-state index in [1.54, 1.807) is 36.4 Å². The summed E-state index contributed by atoms with van der Waals surface area (Å²) in [6.45, 7) is 0. The van der Waals surface area contributed by atoms with Gasteiger partial charge in [-0.25, -0.2) is 4.79 Å². The van der Waals surface area contributed by atoms with Crippen molar-refractivity contribution in [1.82, 2.24) is 14.8 Å². The molecule has 21 heavy (non-hydrogen) atoms. The molecule has 1 heterocycles. The third-order valence-corrected chi connectivity index (χ3v) is 3.48. The molecule has 6 heteroatoms. The van der Waals surface area contributed by atoms with Crippen LogP contribution < -0.4 is 5.69 Å². The number of benzene rings is 2. The highest BCUT2D eigenvalue weighted by atomic mass is 79.9. The second-order valence-electron chi connectivity index (χ2n) is 4.36. The van der Waals surface area contributed by atoms with Crippen LogP contribution in [-0.2, 0) is 0 Å². The molecule has 1 aromatic heterocycles. The van der Waals surface area contributed by atoms with E-state index in [9.17, 15) is 4.79 Å². The molecule has 0 aliphatic heterocycles. The minimum Gasteiger partial charge on any atom is -0.288 e. The smallest absolute Gasteiger partial charge is 0.288 e. The standard InChI is InChI=1S/C15H9BrN4O/c16-12-4-6-13(7-5-12)20-15(21)18-14(19-20)11-3-1-2-10(8-11)9-17/h1-8H,(H,18,19,21). The second-order valence-corrected chi connectivity index (χ2v) is 5.28. The number of rotatable bonds is 2. The first-order valence-electron chi connectivity index (χ1n) is 6.13. The Hall–Kier alpha value is -2.65. The van der Waals surface area contributed by atoms with Crippen LogP contribution in [0.5, 0.6) is 0 Å². The van der Waals surface area contributed by atoms with Crippen molar-refractivity contribution in [3.63, 3.8) is 0 Å². The fourth-order valence-corrected chi connectivity index (χ4v) is 2.21. The number of nitrogens with one attached hydrogen (secondary N) is 1. The van der Waals surface area contributed by atoms with Gasteiger partial charge in [-0.15, -0.1) is 5.10 Å². The van der Waals surface area contributed by atoms with E-state index in [4.69, 9.17) is 5.26 Å². The summed E-state index contributed by atoms with van der Waals surface area (Å²) in [7, 11) is 0. The van der Waals surface area contributed by atoms with Crippen LogP contribution in [0.1, 0.15) is 5.56 Å². The lowest BCUT2D eigenvalue weighted by Crippen LogP contribution is -2.15. The van der Waals surface area contributed by atoms with Crippen LogP contribution in [0.2, 0.25) is 0 Å². The molecule has 0 unspecified atom stereocenters. The Morgan fingerprint density at radius 1 is 1.19 bits per heavy atom. The summed E-state index contributed by atoms with van der Waals surface area (Å²) in [5.41, 5.74) is 1.56. The van der Waals surface area contributed by atoms with Crippen molar-refractivity contribution in [3.8, 4) is 23.1 Å². The lowest BCUT2D eigenvalue weighted by atomic mass is 10.1. The molecule has 1 N–H and O–H groups in total. The molecule has 5 nitrogen and oxygen atoms in total. The molecule has 0 radical (unpaired) electrons. The quantitative estimate of drug-likeness (QED) is 0.779. The van der Waals surface area contributed by atoms with Crippen molar-refractivity contribution >= 4 is 15.9 Å². The van der Waals surface area contributed by atoms with Gasteiger partial charge in [-0.05, 0) is 36.4 Å². The Balaban J connectivity index is 2.07. The third-order valence-electron chi connectivity index (χ3n) is 2.95. The van der Waals surface area contributed by atoms with Gasteiger partial charge in [0.15, 0.2) is 5.82 Å². The number of hydrogen-bond acceptors (Lipinski definition) is 3. The number of H-pyrrole nitrogens is 1. The molecule has 0 saturated heterocycles. The lowest BCUT2D eigenvalue weighted by molar-refractivity contribution is 0.844. The Bertz CT molecular complexity index is 887. The Morgan fingerprint density at radius 3 is 2.67 bits per heavy atom. The van der Waals surface area contributed by atoms with Gasteiger partial charge in [0.1, 0.15) is 0 Å². The zero-order chi connectivity index (χ0) is 14.8. The van der Waals surface area contributed by atoms with E-state index >= 15 is 0 Å². The van der Waals surface area contributed by atoms with Crippen LogP contribution >= 0.6 is 15.9 Å². The maximum Gasteiger partial charge on any atom is 0.348 e. The maximum atomic E-state index is 12.0. The first-order chi connectivity index (χ1) is 10.2. The SMILES string of the molecule is N#Cc1cccc(-c2nn(-c3ccc(Br)cc3)c(=O)[nH]2)c1. The van der Waals surface area contributed by atoms with Gasteiger partial charge in [-0.2, -0.15) is 9.94 Å². The van der Waals surface area contributed by atoms with Crippen LogP contribution in [0.3, 0.4) is 0 Å². The average Bonchev–Trinajstić information content (AvgIpc) is 2.90. The number of nitriles is 1. The Kier molecular flexibility index (Phi) is 3.42. The van der Waals surface area contributed by atoms with E-state index in [0.717, 1.165) is 4.47 Å². The molecule has 0 saturated carbocycles. The van der Waals surface area contributed by atoms with E-state index in [1.165, 1.54) is 4.68 Å². The summed E-state index contributed by atoms with van der Waals surface area (Å²) in [4.78, 5) is 14.7. The first-order valence-corrected chi connectivity index (χ1v) is 6.92. The zero-order valence-corrected chi connectivity index (χ0v) is 12.3. The fourth-order valence-electron chi connectivity index (χ4n) is 1.95. The molecule has 102 valence electrons. The molecular weight excluding hydrogens is 332 g/mol. The van der Waals surface area contributed by atoms with Gasteiger partial charge in [0, 0.05) is 10.0 Å². The number of hydrogen-bond donors (Lipinski definition) is 1. The number of aromatic amines is 1. The van der Waals surface area contributed by atoms with Crippen molar-refractivity contribution in [2.75, 3.05) is 0 Å². The predicted octanol–water partition coefficient (Wildman–Crippen LogP) is 2.86. The molecule has 0 spiro atoms. The van der Waals surface area contributed by atoms with Gasteiger partial charge in [-0.3, -0.25) is 4.98 Å². The molecule has 0 amide bonds. The van der Waals surface area contributed by atoms with E-state index in [1.807, 2.05) is 12.1 Å².